The van der Waals surface area contributed by atoms with Crippen molar-refractivity contribution in [2.24, 2.45) is 0 Å². The van der Waals surface area contributed by atoms with Crippen molar-refractivity contribution in [2.75, 3.05) is 13.2 Å². The Balaban J connectivity index is 1.28. The Morgan fingerprint density at radius 3 is 2.18 bits per heavy atom. The summed E-state index contributed by atoms with van der Waals surface area (Å²) >= 11 is 0. The Labute approximate surface area is 191 Å². The molecule has 2 aliphatic carbocycles. The van der Waals surface area contributed by atoms with Crippen molar-refractivity contribution in [3.8, 4) is 11.1 Å². The summed E-state index contributed by atoms with van der Waals surface area (Å²) in [7, 11) is 0. The molecule has 3 N–H and O–H groups in total. The number of likely N-dealkylation sites (tertiary alicyclic amines) is 1. The maximum atomic E-state index is 13.2. The van der Waals surface area contributed by atoms with Gasteiger partial charge in [-0.05, 0) is 41.5 Å². The van der Waals surface area contributed by atoms with Gasteiger partial charge < -0.3 is 25.2 Å². The molecule has 0 radical (unpaired) electrons. The molecule has 3 aliphatic rings. The molecule has 2 fully saturated rings. The number of carbonyl (C=O) groups excluding carboxylic acids is 2. The number of aliphatic hydroxyl groups is 1. The van der Waals surface area contributed by atoms with Crippen molar-refractivity contribution in [3.05, 3.63) is 59.7 Å². The summed E-state index contributed by atoms with van der Waals surface area (Å²) in [6, 6.07) is 15.0. The summed E-state index contributed by atoms with van der Waals surface area (Å²) < 4.78 is 5.59. The van der Waals surface area contributed by atoms with Crippen LogP contribution < -0.4 is 5.32 Å². The Bertz CT molecular complexity index is 1070. The van der Waals surface area contributed by atoms with Crippen LogP contribution in [0.5, 0.6) is 0 Å². The highest BCUT2D eigenvalue weighted by molar-refractivity contribution is 5.94. The third kappa shape index (κ3) is 3.64. The van der Waals surface area contributed by atoms with Gasteiger partial charge in [0.2, 0.25) is 5.91 Å². The maximum absolute atomic E-state index is 13.2. The van der Waals surface area contributed by atoms with E-state index in [1.807, 2.05) is 36.4 Å². The standard InChI is InChI=1S/C25H26N2O6/c28-15-12-21(22(29)30)27(13-15)23(31)25(10-5-11-25)26-24(32)33-14-20-18-8-3-1-6-16(18)17-7-2-4-9-19(17)20/h1-4,6-9,15,20-21,28H,5,10-14H2,(H,26,32)(H,29,30)/t15-,21-/m0/s1. The lowest BCUT2D eigenvalue weighted by Gasteiger charge is -2.43. The molecule has 2 aromatic carbocycles. The number of aliphatic carboxylic acids is 1. The average molecular weight is 450 g/mol. The number of rotatable bonds is 5. The second-order valence-corrected chi connectivity index (χ2v) is 9.09. The van der Waals surface area contributed by atoms with E-state index in [4.69, 9.17) is 4.74 Å². The molecule has 33 heavy (non-hydrogen) atoms. The van der Waals surface area contributed by atoms with Crippen LogP contribution in [0.2, 0.25) is 0 Å². The highest BCUT2D eigenvalue weighted by Crippen LogP contribution is 2.44. The van der Waals surface area contributed by atoms with E-state index < -0.39 is 35.7 Å². The topological polar surface area (TPSA) is 116 Å². The average Bonchev–Trinajstić information content (AvgIpc) is 3.33. The zero-order valence-electron chi connectivity index (χ0n) is 18.1. The number of nitrogens with one attached hydrogen (secondary N) is 1. The largest absolute Gasteiger partial charge is 0.480 e. The number of nitrogens with zero attached hydrogens (tertiary/aromatic N) is 1. The minimum atomic E-state index is -1.18. The minimum Gasteiger partial charge on any atom is -0.480 e. The number of hydrogen-bond donors (Lipinski definition) is 3. The number of ether oxygens (including phenoxy) is 1. The van der Waals surface area contributed by atoms with Crippen LogP contribution >= 0.6 is 0 Å². The highest BCUT2D eigenvalue weighted by atomic mass is 16.5. The van der Waals surface area contributed by atoms with Gasteiger partial charge in [-0.25, -0.2) is 9.59 Å². The molecule has 5 rings (SSSR count). The van der Waals surface area contributed by atoms with E-state index in [1.165, 1.54) is 4.90 Å². The molecule has 2 aromatic rings. The molecule has 1 saturated heterocycles. The lowest BCUT2D eigenvalue weighted by atomic mass is 9.75. The molecule has 1 saturated carbocycles. The molecule has 2 amide bonds. The fourth-order valence-corrected chi connectivity index (χ4v) is 5.30. The summed E-state index contributed by atoms with van der Waals surface area (Å²) in [5.41, 5.74) is 3.26. The Morgan fingerprint density at radius 1 is 1.03 bits per heavy atom. The van der Waals surface area contributed by atoms with Gasteiger partial charge in [0.15, 0.2) is 0 Å². The van der Waals surface area contributed by atoms with Gasteiger partial charge >= 0.3 is 12.1 Å². The first kappa shape index (κ1) is 21.5. The number of alkyl carbamates (subject to hydrolysis) is 1. The first-order valence-electron chi connectivity index (χ1n) is 11.2. The van der Waals surface area contributed by atoms with E-state index in [9.17, 15) is 24.6 Å². The minimum absolute atomic E-state index is 0.0118. The normalized spacial score (nSPS) is 22.8. The van der Waals surface area contributed by atoms with Crippen molar-refractivity contribution in [3.63, 3.8) is 0 Å². The van der Waals surface area contributed by atoms with Crippen LogP contribution in [-0.2, 0) is 14.3 Å². The Morgan fingerprint density at radius 2 is 1.64 bits per heavy atom. The highest BCUT2D eigenvalue weighted by Gasteiger charge is 2.52. The van der Waals surface area contributed by atoms with Crippen LogP contribution in [0.25, 0.3) is 11.1 Å². The summed E-state index contributed by atoms with van der Waals surface area (Å²) in [5.74, 6) is -1.72. The van der Waals surface area contributed by atoms with Gasteiger partial charge in [-0.1, -0.05) is 48.5 Å². The SMILES string of the molecule is O=C(NC1(C(=O)N2C[C@@H](O)C[C@H]2C(=O)O)CCC1)OCC1c2ccccc2-c2ccccc21. The molecule has 1 aliphatic heterocycles. The molecular formula is C25H26N2O6. The number of fused-ring (bicyclic) bond motifs is 3. The van der Waals surface area contributed by atoms with Gasteiger partial charge in [0.05, 0.1) is 6.10 Å². The molecule has 8 heteroatoms. The number of carboxylic acid groups (broad SMARTS) is 1. The van der Waals surface area contributed by atoms with Crippen LogP contribution in [0.1, 0.15) is 42.7 Å². The van der Waals surface area contributed by atoms with Crippen LogP contribution in [0.3, 0.4) is 0 Å². The van der Waals surface area contributed by atoms with E-state index in [1.54, 1.807) is 0 Å². The number of hydrogen-bond acceptors (Lipinski definition) is 5. The van der Waals surface area contributed by atoms with Gasteiger partial charge in [0.1, 0.15) is 18.2 Å². The monoisotopic (exact) mass is 450 g/mol. The second kappa shape index (κ2) is 8.19. The fraction of sp³-hybridized carbons (Fsp3) is 0.400. The molecule has 1 heterocycles. The van der Waals surface area contributed by atoms with Gasteiger partial charge in [0.25, 0.3) is 0 Å². The lowest BCUT2D eigenvalue weighted by molar-refractivity contribution is -0.153. The van der Waals surface area contributed by atoms with Crippen LogP contribution in [0, 0.1) is 0 Å². The van der Waals surface area contributed by atoms with Gasteiger partial charge in [-0.3, -0.25) is 4.79 Å². The zero-order valence-corrected chi connectivity index (χ0v) is 18.1. The van der Waals surface area contributed by atoms with Crippen molar-refractivity contribution in [1.29, 1.82) is 0 Å². The van der Waals surface area contributed by atoms with Crippen LogP contribution in [-0.4, -0.2) is 63.9 Å². The van der Waals surface area contributed by atoms with Gasteiger partial charge in [-0.2, -0.15) is 0 Å². The van der Waals surface area contributed by atoms with E-state index in [0.717, 1.165) is 28.7 Å². The predicted molar refractivity (Wildman–Crippen MR) is 119 cm³/mol. The summed E-state index contributed by atoms with van der Waals surface area (Å²) in [6.07, 6.45) is -0.0339. The van der Waals surface area contributed by atoms with Crippen LogP contribution in [0.15, 0.2) is 48.5 Å². The second-order valence-electron chi connectivity index (χ2n) is 9.09. The molecule has 0 unspecified atom stereocenters. The molecule has 0 spiro atoms. The van der Waals surface area contributed by atoms with Crippen LogP contribution in [0.4, 0.5) is 4.79 Å². The quantitative estimate of drug-likeness (QED) is 0.645. The molecule has 8 nitrogen and oxygen atoms in total. The molecule has 172 valence electrons. The van der Waals surface area contributed by atoms with E-state index in [2.05, 4.69) is 17.4 Å². The molecule has 0 aromatic heterocycles. The summed E-state index contributed by atoms with van der Waals surface area (Å²) in [6.45, 7) is 0.0776. The Kier molecular flexibility index (Phi) is 5.32. The maximum Gasteiger partial charge on any atom is 0.408 e. The molecule has 2 atom stereocenters. The number of aliphatic hydroxyl groups excluding tert-OH is 1. The van der Waals surface area contributed by atoms with E-state index >= 15 is 0 Å². The number of amides is 2. The van der Waals surface area contributed by atoms with Crippen molar-refractivity contribution < 1.29 is 29.3 Å². The fourth-order valence-electron chi connectivity index (χ4n) is 5.30. The van der Waals surface area contributed by atoms with Crippen molar-refractivity contribution in [1.82, 2.24) is 10.2 Å². The number of benzene rings is 2. The third-order valence-electron chi connectivity index (χ3n) is 7.13. The summed E-state index contributed by atoms with van der Waals surface area (Å²) in [5, 5.41) is 22.1. The van der Waals surface area contributed by atoms with E-state index in [-0.39, 0.29) is 25.5 Å². The Hall–Kier alpha value is -3.39. The zero-order chi connectivity index (χ0) is 23.2. The first-order chi connectivity index (χ1) is 15.9. The van der Waals surface area contributed by atoms with Crippen molar-refractivity contribution in [2.45, 2.75) is 49.3 Å². The molecular weight excluding hydrogens is 424 g/mol. The van der Waals surface area contributed by atoms with Gasteiger partial charge in [0, 0.05) is 18.9 Å². The number of β-amino-alcohol motifs (C(OH)–C–C–N with tert-alkyl or cyclic N) is 1. The van der Waals surface area contributed by atoms with Gasteiger partial charge in [-0.15, -0.1) is 0 Å². The van der Waals surface area contributed by atoms with Crippen molar-refractivity contribution >= 4 is 18.0 Å². The third-order valence-corrected chi connectivity index (χ3v) is 7.13. The number of carbonyl (C=O) groups is 3. The lowest BCUT2D eigenvalue weighted by Crippen LogP contribution is -2.64. The first-order valence-corrected chi connectivity index (χ1v) is 11.2. The summed E-state index contributed by atoms with van der Waals surface area (Å²) in [4.78, 5) is 38.7. The smallest absolute Gasteiger partial charge is 0.408 e. The van der Waals surface area contributed by atoms with E-state index in [0.29, 0.717) is 12.8 Å². The molecule has 0 bridgehead atoms. The number of carboxylic acids is 1. The predicted octanol–water partition coefficient (Wildman–Crippen LogP) is 2.49.